The van der Waals surface area contributed by atoms with Gasteiger partial charge in [-0.15, -0.1) is 0 Å². The van der Waals surface area contributed by atoms with E-state index in [-0.39, 0.29) is 0 Å². The Morgan fingerprint density at radius 1 is 1.14 bits per heavy atom. The lowest BCUT2D eigenvalue weighted by atomic mass is 10.3. The van der Waals surface area contributed by atoms with Crippen LogP contribution < -0.4 is 20.7 Å². The maximum Gasteiger partial charge on any atom is 0.159 e. The zero-order chi connectivity index (χ0) is 15.2. The lowest BCUT2D eigenvalue weighted by Gasteiger charge is -2.22. The fraction of sp³-hybridized carbons (Fsp3) is 0.333. The first-order chi connectivity index (χ1) is 10.2. The Kier molecular flexibility index (Phi) is 4.81. The third-order valence-corrected chi connectivity index (χ3v) is 3.28. The molecular formula is C15H21N5O. The Bertz CT molecular complexity index is 581. The molecule has 1 aromatic carbocycles. The Morgan fingerprint density at radius 2 is 1.81 bits per heavy atom. The molecular weight excluding hydrogens is 266 g/mol. The highest BCUT2D eigenvalue weighted by Gasteiger charge is 2.12. The summed E-state index contributed by atoms with van der Waals surface area (Å²) < 4.78 is 5.14. The predicted molar refractivity (Wildman–Crippen MR) is 86.3 cm³/mol. The molecule has 0 bridgehead atoms. The number of methoxy groups -OCH3 is 1. The molecule has 0 aliphatic carbocycles. The van der Waals surface area contributed by atoms with E-state index in [1.807, 2.05) is 24.3 Å². The molecule has 2 aromatic rings. The largest absolute Gasteiger partial charge is 0.497 e. The number of benzene rings is 1. The van der Waals surface area contributed by atoms with Crippen molar-refractivity contribution in [2.45, 2.75) is 13.8 Å². The number of anilines is 4. The zero-order valence-corrected chi connectivity index (χ0v) is 12.6. The fourth-order valence-electron chi connectivity index (χ4n) is 2.07. The summed E-state index contributed by atoms with van der Waals surface area (Å²) in [5.74, 6) is 2.17. The summed E-state index contributed by atoms with van der Waals surface area (Å²) in [5.41, 5.74) is 7.63. The van der Waals surface area contributed by atoms with Gasteiger partial charge >= 0.3 is 0 Å². The molecule has 3 N–H and O–H groups in total. The van der Waals surface area contributed by atoms with Crippen molar-refractivity contribution < 1.29 is 4.74 Å². The molecule has 2 rings (SSSR count). The summed E-state index contributed by atoms with van der Waals surface area (Å²) >= 11 is 0. The van der Waals surface area contributed by atoms with E-state index in [0.29, 0.717) is 11.5 Å². The lowest BCUT2D eigenvalue weighted by Crippen LogP contribution is -2.24. The second-order valence-corrected chi connectivity index (χ2v) is 4.49. The molecule has 1 aromatic heterocycles. The van der Waals surface area contributed by atoms with Crippen molar-refractivity contribution in [1.82, 2.24) is 9.97 Å². The van der Waals surface area contributed by atoms with Crippen LogP contribution in [0.2, 0.25) is 0 Å². The maximum absolute atomic E-state index is 6.19. The number of ether oxygens (including phenoxy) is 1. The molecule has 112 valence electrons. The van der Waals surface area contributed by atoms with Crippen LogP contribution in [-0.2, 0) is 0 Å². The summed E-state index contributed by atoms with van der Waals surface area (Å²) in [6, 6.07) is 7.59. The van der Waals surface area contributed by atoms with Gasteiger partial charge in [-0.25, -0.2) is 9.97 Å². The van der Waals surface area contributed by atoms with Gasteiger partial charge in [0.15, 0.2) is 11.6 Å². The van der Waals surface area contributed by atoms with Crippen molar-refractivity contribution >= 4 is 23.0 Å². The van der Waals surface area contributed by atoms with Crippen molar-refractivity contribution in [3.05, 3.63) is 30.6 Å². The molecule has 0 aliphatic rings. The molecule has 0 saturated carbocycles. The minimum absolute atomic E-state index is 0.553. The van der Waals surface area contributed by atoms with Crippen molar-refractivity contribution in [1.29, 1.82) is 0 Å². The van der Waals surface area contributed by atoms with Gasteiger partial charge in [0.05, 0.1) is 7.11 Å². The van der Waals surface area contributed by atoms with Gasteiger partial charge in [0.25, 0.3) is 0 Å². The van der Waals surface area contributed by atoms with Gasteiger partial charge in [-0.1, -0.05) is 0 Å². The minimum atomic E-state index is 0.553. The molecule has 0 amide bonds. The number of nitrogen functional groups attached to an aromatic ring is 1. The van der Waals surface area contributed by atoms with E-state index in [1.54, 1.807) is 7.11 Å². The van der Waals surface area contributed by atoms with Crippen LogP contribution in [0.25, 0.3) is 0 Å². The lowest BCUT2D eigenvalue weighted by molar-refractivity contribution is 0.415. The van der Waals surface area contributed by atoms with Gasteiger partial charge in [-0.05, 0) is 38.1 Å². The van der Waals surface area contributed by atoms with Crippen LogP contribution in [0.4, 0.5) is 23.0 Å². The standard InChI is InChI=1S/C15H21N5O/c1-4-20(5-2)15-13(16)14(17-10-18-15)19-11-6-8-12(21-3)9-7-11/h6-10H,4-5,16H2,1-3H3,(H,17,18,19). The summed E-state index contributed by atoms with van der Waals surface area (Å²) in [4.78, 5) is 10.6. The van der Waals surface area contributed by atoms with Gasteiger partial charge < -0.3 is 20.7 Å². The van der Waals surface area contributed by atoms with Crippen LogP contribution in [0, 0.1) is 0 Å². The first-order valence-corrected chi connectivity index (χ1v) is 6.96. The number of nitrogens with one attached hydrogen (secondary N) is 1. The molecule has 1 heterocycles. The number of nitrogens with zero attached hydrogens (tertiary/aromatic N) is 3. The van der Waals surface area contributed by atoms with Crippen LogP contribution in [0.1, 0.15) is 13.8 Å². The highest BCUT2D eigenvalue weighted by atomic mass is 16.5. The molecule has 0 atom stereocenters. The second-order valence-electron chi connectivity index (χ2n) is 4.49. The quantitative estimate of drug-likeness (QED) is 0.850. The van der Waals surface area contributed by atoms with Gasteiger partial charge in [-0.3, -0.25) is 0 Å². The predicted octanol–water partition coefficient (Wildman–Crippen LogP) is 2.66. The zero-order valence-electron chi connectivity index (χ0n) is 12.6. The van der Waals surface area contributed by atoms with E-state index in [4.69, 9.17) is 10.5 Å². The molecule has 0 saturated heterocycles. The minimum Gasteiger partial charge on any atom is -0.497 e. The van der Waals surface area contributed by atoms with Crippen molar-refractivity contribution in [3.8, 4) is 5.75 Å². The first-order valence-electron chi connectivity index (χ1n) is 6.96. The molecule has 0 radical (unpaired) electrons. The van der Waals surface area contributed by atoms with E-state index in [1.165, 1.54) is 6.33 Å². The SMILES string of the molecule is CCN(CC)c1ncnc(Nc2ccc(OC)cc2)c1N. The summed E-state index contributed by atoms with van der Waals surface area (Å²) in [6.07, 6.45) is 1.52. The second kappa shape index (κ2) is 6.78. The topological polar surface area (TPSA) is 76.3 Å². The molecule has 0 fully saturated rings. The fourth-order valence-corrected chi connectivity index (χ4v) is 2.07. The van der Waals surface area contributed by atoms with Crippen molar-refractivity contribution in [2.24, 2.45) is 0 Å². The van der Waals surface area contributed by atoms with E-state index in [9.17, 15) is 0 Å². The van der Waals surface area contributed by atoms with Crippen molar-refractivity contribution in [3.63, 3.8) is 0 Å². The Balaban J connectivity index is 2.25. The van der Waals surface area contributed by atoms with Crippen molar-refractivity contribution in [2.75, 3.05) is 36.1 Å². The van der Waals surface area contributed by atoms with E-state index in [2.05, 4.69) is 34.0 Å². The first kappa shape index (κ1) is 14.9. The molecule has 0 unspecified atom stereocenters. The maximum atomic E-state index is 6.19. The Morgan fingerprint density at radius 3 is 2.38 bits per heavy atom. The number of nitrogens with two attached hydrogens (primary N) is 1. The highest BCUT2D eigenvalue weighted by Crippen LogP contribution is 2.28. The molecule has 0 aliphatic heterocycles. The summed E-state index contributed by atoms with van der Waals surface area (Å²) in [5, 5.41) is 3.21. The molecule has 6 heteroatoms. The van der Waals surface area contributed by atoms with Crippen LogP contribution in [0.3, 0.4) is 0 Å². The molecule has 21 heavy (non-hydrogen) atoms. The van der Waals surface area contributed by atoms with Gasteiger partial charge in [0.2, 0.25) is 0 Å². The van der Waals surface area contributed by atoms with Crippen LogP contribution in [0.5, 0.6) is 5.75 Å². The number of aromatic nitrogens is 2. The van der Waals surface area contributed by atoms with E-state index < -0.39 is 0 Å². The normalized spacial score (nSPS) is 10.2. The van der Waals surface area contributed by atoms with E-state index >= 15 is 0 Å². The third-order valence-electron chi connectivity index (χ3n) is 3.28. The van der Waals surface area contributed by atoms with Crippen LogP contribution in [-0.4, -0.2) is 30.2 Å². The van der Waals surface area contributed by atoms with Gasteiger partial charge in [-0.2, -0.15) is 0 Å². The van der Waals surface area contributed by atoms with Crippen LogP contribution in [0.15, 0.2) is 30.6 Å². The van der Waals surface area contributed by atoms with Gasteiger partial charge in [0, 0.05) is 18.8 Å². The van der Waals surface area contributed by atoms with Gasteiger partial charge in [0.1, 0.15) is 17.8 Å². The third kappa shape index (κ3) is 3.34. The summed E-state index contributed by atoms with van der Waals surface area (Å²) in [7, 11) is 1.64. The smallest absolute Gasteiger partial charge is 0.159 e. The Hall–Kier alpha value is -2.50. The molecule has 0 spiro atoms. The molecule has 6 nitrogen and oxygen atoms in total. The number of hydrogen-bond acceptors (Lipinski definition) is 6. The van der Waals surface area contributed by atoms with E-state index in [0.717, 1.165) is 30.3 Å². The monoisotopic (exact) mass is 287 g/mol. The highest BCUT2D eigenvalue weighted by molar-refractivity contribution is 5.78. The average molecular weight is 287 g/mol. The Labute approximate surface area is 125 Å². The number of hydrogen-bond donors (Lipinski definition) is 2. The summed E-state index contributed by atoms with van der Waals surface area (Å²) in [6.45, 7) is 5.84. The van der Waals surface area contributed by atoms with Crippen LogP contribution >= 0.6 is 0 Å². The average Bonchev–Trinajstić information content (AvgIpc) is 2.52. The number of rotatable bonds is 6.